The van der Waals surface area contributed by atoms with Crippen molar-refractivity contribution in [2.24, 2.45) is 0 Å². The lowest BCUT2D eigenvalue weighted by Crippen LogP contribution is -2.55. The van der Waals surface area contributed by atoms with Crippen LogP contribution in [0.5, 0.6) is 5.75 Å². The number of hydrogen-bond donors (Lipinski definition) is 1. The Kier molecular flexibility index (Phi) is 4.45. The molecular formula is C22H26N4O4. The van der Waals surface area contributed by atoms with Gasteiger partial charge in [0.25, 0.3) is 0 Å². The highest BCUT2D eigenvalue weighted by Crippen LogP contribution is 2.44. The first kappa shape index (κ1) is 19.0. The van der Waals surface area contributed by atoms with Crippen LogP contribution in [0.3, 0.4) is 0 Å². The number of amides is 2. The van der Waals surface area contributed by atoms with Crippen molar-refractivity contribution in [3.63, 3.8) is 0 Å². The lowest BCUT2D eigenvalue weighted by molar-refractivity contribution is -0.117. The Hall–Kier alpha value is -3.03. The van der Waals surface area contributed by atoms with Gasteiger partial charge in [-0.2, -0.15) is 5.10 Å². The first-order valence-electron chi connectivity index (χ1n) is 10.6. The van der Waals surface area contributed by atoms with E-state index in [1.54, 1.807) is 6.92 Å². The number of nitrogens with zero attached hydrogens (tertiary/aromatic N) is 4. The van der Waals surface area contributed by atoms with E-state index in [0.717, 1.165) is 53.8 Å². The summed E-state index contributed by atoms with van der Waals surface area (Å²) in [6.07, 6.45) is 6.81. The molecule has 1 saturated carbocycles. The molecule has 2 amide bonds. The molecule has 0 bridgehead atoms. The molecule has 1 N–H and O–H groups in total. The van der Waals surface area contributed by atoms with E-state index < -0.39 is 6.09 Å². The van der Waals surface area contributed by atoms with Crippen LogP contribution in [0.4, 0.5) is 10.5 Å². The predicted octanol–water partition coefficient (Wildman–Crippen LogP) is 3.31. The summed E-state index contributed by atoms with van der Waals surface area (Å²) < 4.78 is 8.40. The first-order valence-corrected chi connectivity index (χ1v) is 10.6. The van der Waals surface area contributed by atoms with Crippen LogP contribution in [0.2, 0.25) is 0 Å². The van der Waals surface area contributed by atoms with Crippen molar-refractivity contribution in [2.45, 2.75) is 57.7 Å². The fraction of sp³-hybridized carbons (Fsp3) is 0.500. The maximum Gasteiger partial charge on any atom is 0.407 e. The number of fused-ring (bicyclic) bond motifs is 1. The molecule has 2 aromatic rings. The number of likely N-dealkylation sites (tertiary alicyclic amines) is 1. The minimum absolute atomic E-state index is 0.0180. The quantitative estimate of drug-likeness (QED) is 0.835. The first-order chi connectivity index (χ1) is 14.4. The van der Waals surface area contributed by atoms with E-state index in [0.29, 0.717) is 19.1 Å². The van der Waals surface area contributed by atoms with Crippen molar-refractivity contribution in [2.75, 3.05) is 18.0 Å². The number of ether oxygens (including phenoxy) is 1. The van der Waals surface area contributed by atoms with Gasteiger partial charge in [0, 0.05) is 35.9 Å². The van der Waals surface area contributed by atoms with E-state index in [2.05, 4.69) is 18.2 Å². The number of carbonyl (C=O) groups is 2. The van der Waals surface area contributed by atoms with Crippen molar-refractivity contribution in [1.29, 1.82) is 0 Å². The lowest BCUT2D eigenvalue weighted by atomic mass is 9.92. The number of carboxylic acid groups (broad SMARTS) is 1. The highest BCUT2D eigenvalue weighted by atomic mass is 16.5. The molecule has 30 heavy (non-hydrogen) atoms. The summed E-state index contributed by atoms with van der Waals surface area (Å²) in [5.41, 5.74) is 3.85. The molecule has 3 heterocycles. The zero-order valence-corrected chi connectivity index (χ0v) is 17.2. The van der Waals surface area contributed by atoms with Gasteiger partial charge in [-0.15, -0.1) is 0 Å². The summed E-state index contributed by atoms with van der Waals surface area (Å²) in [7, 11) is 0. The standard InChI is InChI=1S/C22H26N4O4/c1-13-3-6-19-20(26(13)14(2)27)8-7-18(15-9-23-25(10-15)16-4-5-16)21(19)30-17-11-24(12-17)22(28)29/h7-10,13,16-17H,3-6,11-12H2,1-2H3,(H,28,29)/t13-/m0/s1. The molecule has 1 aromatic heterocycles. The number of hydrogen-bond acceptors (Lipinski definition) is 4. The van der Waals surface area contributed by atoms with Gasteiger partial charge in [0.05, 0.1) is 31.0 Å². The summed E-state index contributed by atoms with van der Waals surface area (Å²) in [5.74, 6) is 0.778. The van der Waals surface area contributed by atoms with E-state index in [1.165, 1.54) is 4.90 Å². The third-order valence-electron chi connectivity index (χ3n) is 6.32. The maximum absolute atomic E-state index is 12.3. The van der Waals surface area contributed by atoms with Gasteiger partial charge in [-0.1, -0.05) is 0 Å². The van der Waals surface area contributed by atoms with Crippen LogP contribution in [0.15, 0.2) is 24.5 Å². The average molecular weight is 410 g/mol. The fourth-order valence-corrected chi connectivity index (χ4v) is 4.50. The fourth-order valence-electron chi connectivity index (χ4n) is 4.50. The van der Waals surface area contributed by atoms with Crippen LogP contribution < -0.4 is 9.64 Å². The molecule has 1 aromatic carbocycles. The van der Waals surface area contributed by atoms with Crippen LogP contribution in [0, 0.1) is 0 Å². The Balaban J connectivity index is 1.54. The summed E-state index contributed by atoms with van der Waals surface area (Å²) in [5, 5.41) is 13.7. The number of benzene rings is 1. The molecule has 0 unspecified atom stereocenters. The number of aromatic nitrogens is 2. The lowest BCUT2D eigenvalue weighted by Gasteiger charge is -2.40. The summed E-state index contributed by atoms with van der Waals surface area (Å²) in [6, 6.07) is 4.64. The molecule has 1 atom stereocenters. The van der Waals surface area contributed by atoms with Crippen LogP contribution in [0.25, 0.3) is 11.1 Å². The summed E-state index contributed by atoms with van der Waals surface area (Å²) in [4.78, 5) is 26.7. The normalized spacial score (nSPS) is 21.2. The zero-order chi connectivity index (χ0) is 21.0. The summed E-state index contributed by atoms with van der Waals surface area (Å²) >= 11 is 0. The van der Waals surface area contributed by atoms with E-state index in [4.69, 9.17) is 9.84 Å². The minimum atomic E-state index is -0.924. The molecule has 2 fully saturated rings. The van der Waals surface area contributed by atoms with Crippen molar-refractivity contribution in [3.8, 4) is 16.9 Å². The topological polar surface area (TPSA) is 87.9 Å². The van der Waals surface area contributed by atoms with Gasteiger partial charge in [0.2, 0.25) is 5.91 Å². The Morgan fingerprint density at radius 1 is 1.20 bits per heavy atom. The maximum atomic E-state index is 12.3. The van der Waals surface area contributed by atoms with Gasteiger partial charge in [-0.3, -0.25) is 9.48 Å². The van der Waals surface area contributed by atoms with Gasteiger partial charge in [0.15, 0.2) is 0 Å². The molecule has 0 radical (unpaired) electrons. The molecule has 2 aliphatic heterocycles. The smallest absolute Gasteiger partial charge is 0.407 e. The zero-order valence-electron chi connectivity index (χ0n) is 17.2. The number of anilines is 1. The van der Waals surface area contributed by atoms with Crippen LogP contribution in [-0.4, -0.2) is 57.0 Å². The van der Waals surface area contributed by atoms with Gasteiger partial charge in [-0.05, 0) is 44.7 Å². The molecule has 1 aliphatic carbocycles. The number of carbonyl (C=O) groups excluding carboxylic acids is 1. The Labute approximate surface area is 175 Å². The molecule has 1 saturated heterocycles. The summed E-state index contributed by atoms with van der Waals surface area (Å²) in [6.45, 7) is 4.37. The van der Waals surface area contributed by atoms with E-state index in [-0.39, 0.29) is 18.1 Å². The Morgan fingerprint density at radius 2 is 1.97 bits per heavy atom. The van der Waals surface area contributed by atoms with Crippen molar-refractivity contribution >= 4 is 17.7 Å². The second-order valence-corrected chi connectivity index (χ2v) is 8.58. The molecule has 158 valence electrons. The van der Waals surface area contributed by atoms with Gasteiger partial charge in [0.1, 0.15) is 11.9 Å². The third-order valence-corrected chi connectivity index (χ3v) is 6.32. The van der Waals surface area contributed by atoms with Crippen LogP contribution in [0.1, 0.15) is 44.7 Å². The molecule has 8 nitrogen and oxygen atoms in total. The number of rotatable bonds is 4. The molecule has 0 spiro atoms. The average Bonchev–Trinajstić information content (AvgIpc) is 3.40. The second-order valence-electron chi connectivity index (χ2n) is 8.58. The van der Waals surface area contributed by atoms with Gasteiger partial charge in [-0.25, -0.2) is 4.79 Å². The molecule has 3 aliphatic rings. The highest BCUT2D eigenvalue weighted by Gasteiger charge is 2.36. The Bertz CT molecular complexity index is 1010. The third kappa shape index (κ3) is 3.20. The van der Waals surface area contributed by atoms with Crippen LogP contribution >= 0.6 is 0 Å². The van der Waals surface area contributed by atoms with Crippen molar-refractivity contribution in [1.82, 2.24) is 14.7 Å². The van der Waals surface area contributed by atoms with E-state index in [1.807, 2.05) is 27.9 Å². The van der Waals surface area contributed by atoms with Gasteiger partial charge >= 0.3 is 6.09 Å². The monoisotopic (exact) mass is 410 g/mol. The SMILES string of the molecule is CC(=O)N1c2ccc(-c3cnn(C4CC4)c3)c(OC3CN(C(=O)O)C3)c2CC[C@@H]1C. The molecular weight excluding hydrogens is 384 g/mol. The largest absolute Gasteiger partial charge is 0.486 e. The van der Waals surface area contributed by atoms with Crippen molar-refractivity contribution < 1.29 is 19.4 Å². The van der Waals surface area contributed by atoms with E-state index >= 15 is 0 Å². The molecule has 8 heteroatoms. The van der Waals surface area contributed by atoms with Gasteiger partial charge < -0.3 is 19.6 Å². The minimum Gasteiger partial charge on any atom is -0.486 e. The molecule has 5 rings (SSSR count). The predicted molar refractivity (Wildman–Crippen MR) is 111 cm³/mol. The van der Waals surface area contributed by atoms with Crippen LogP contribution in [-0.2, 0) is 11.2 Å². The Morgan fingerprint density at radius 3 is 2.63 bits per heavy atom. The second kappa shape index (κ2) is 7.04. The van der Waals surface area contributed by atoms with E-state index in [9.17, 15) is 9.59 Å². The van der Waals surface area contributed by atoms with Crippen molar-refractivity contribution in [3.05, 3.63) is 30.1 Å². The highest BCUT2D eigenvalue weighted by molar-refractivity contribution is 5.95.